The van der Waals surface area contributed by atoms with Crippen molar-refractivity contribution in [1.82, 2.24) is 14.5 Å². The SMILES string of the molecule is Cc1c(C(F)F)cccc1[C@@H](C)Nc1ncnc2c1cc(Cc1ccccc1)c(=O)n2C. The van der Waals surface area contributed by atoms with Crippen LogP contribution >= 0.6 is 0 Å². The summed E-state index contributed by atoms with van der Waals surface area (Å²) in [5.41, 5.74) is 3.41. The zero-order valence-electron chi connectivity index (χ0n) is 18.1. The summed E-state index contributed by atoms with van der Waals surface area (Å²) < 4.78 is 28.2. The maximum Gasteiger partial charge on any atom is 0.264 e. The standard InChI is InChI=1S/C25H24F2N4O/c1-15-19(10-7-11-20(15)22(26)27)16(2)30-23-21-13-18(12-17-8-5-4-6-9-17)25(32)31(3)24(21)29-14-28-23/h4-11,13-14,16,22H,12H2,1-3H3,(H,28,29,30)/t16-/m1/s1. The predicted octanol–water partition coefficient (Wildman–Crippen LogP) is 5.34. The molecule has 0 aliphatic heterocycles. The van der Waals surface area contributed by atoms with Crippen LogP contribution in [0.25, 0.3) is 11.0 Å². The Morgan fingerprint density at radius 1 is 1.03 bits per heavy atom. The summed E-state index contributed by atoms with van der Waals surface area (Å²) in [6.45, 7) is 3.60. The van der Waals surface area contributed by atoms with Gasteiger partial charge in [0.25, 0.3) is 12.0 Å². The zero-order chi connectivity index (χ0) is 22.8. The fourth-order valence-electron chi connectivity index (χ4n) is 4.05. The van der Waals surface area contributed by atoms with Crippen molar-refractivity contribution in [3.63, 3.8) is 0 Å². The van der Waals surface area contributed by atoms with Gasteiger partial charge in [0, 0.05) is 24.6 Å². The minimum Gasteiger partial charge on any atom is -0.363 e. The van der Waals surface area contributed by atoms with E-state index in [1.165, 1.54) is 17.0 Å². The van der Waals surface area contributed by atoms with Gasteiger partial charge in [-0.3, -0.25) is 9.36 Å². The number of nitrogens with one attached hydrogen (secondary N) is 1. The lowest BCUT2D eigenvalue weighted by Gasteiger charge is -2.20. The number of benzene rings is 2. The lowest BCUT2D eigenvalue weighted by molar-refractivity contribution is 0.150. The fraction of sp³-hybridized carbons (Fsp3) is 0.240. The van der Waals surface area contributed by atoms with E-state index >= 15 is 0 Å². The van der Waals surface area contributed by atoms with Crippen molar-refractivity contribution in [3.05, 3.63) is 99.1 Å². The molecule has 4 aromatic rings. The molecule has 1 N–H and O–H groups in total. The van der Waals surface area contributed by atoms with E-state index in [0.29, 0.717) is 34.4 Å². The number of rotatable bonds is 6. The van der Waals surface area contributed by atoms with Gasteiger partial charge in [0.1, 0.15) is 17.8 Å². The van der Waals surface area contributed by atoms with E-state index in [9.17, 15) is 13.6 Å². The van der Waals surface area contributed by atoms with Crippen LogP contribution in [0.4, 0.5) is 14.6 Å². The van der Waals surface area contributed by atoms with Crippen LogP contribution in [0.1, 0.15) is 47.2 Å². The topological polar surface area (TPSA) is 59.8 Å². The smallest absolute Gasteiger partial charge is 0.264 e. The van der Waals surface area contributed by atoms with E-state index in [2.05, 4.69) is 15.3 Å². The Morgan fingerprint density at radius 3 is 2.47 bits per heavy atom. The van der Waals surface area contributed by atoms with Crippen LogP contribution in [0, 0.1) is 6.92 Å². The van der Waals surface area contributed by atoms with Crippen molar-refractivity contribution in [2.75, 3.05) is 5.32 Å². The highest BCUT2D eigenvalue weighted by Gasteiger charge is 2.18. The van der Waals surface area contributed by atoms with Gasteiger partial charge in [0.15, 0.2) is 0 Å². The van der Waals surface area contributed by atoms with Crippen molar-refractivity contribution >= 4 is 16.9 Å². The number of aromatic nitrogens is 3. The first kappa shape index (κ1) is 21.6. The first-order valence-electron chi connectivity index (χ1n) is 10.4. The third-order valence-corrected chi connectivity index (χ3v) is 5.79. The van der Waals surface area contributed by atoms with Crippen molar-refractivity contribution < 1.29 is 8.78 Å². The van der Waals surface area contributed by atoms with Crippen molar-refractivity contribution in [2.24, 2.45) is 7.05 Å². The van der Waals surface area contributed by atoms with Crippen LogP contribution in [0.15, 0.2) is 65.7 Å². The lowest BCUT2D eigenvalue weighted by atomic mass is 9.97. The molecule has 0 aliphatic carbocycles. The fourth-order valence-corrected chi connectivity index (χ4v) is 4.05. The maximum absolute atomic E-state index is 13.3. The highest BCUT2D eigenvalue weighted by molar-refractivity contribution is 5.87. The molecule has 2 heterocycles. The van der Waals surface area contributed by atoms with Crippen LogP contribution < -0.4 is 10.9 Å². The summed E-state index contributed by atoms with van der Waals surface area (Å²) in [5, 5.41) is 4.04. The van der Waals surface area contributed by atoms with Crippen LogP contribution in [-0.2, 0) is 13.5 Å². The van der Waals surface area contributed by atoms with E-state index < -0.39 is 6.43 Å². The van der Waals surface area contributed by atoms with E-state index in [4.69, 9.17) is 0 Å². The van der Waals surface area contributed by atoms with Gasteiger partial charge in [0.05, 0.1) is 11.4 Å². The third-order valence-electron chi connectivity index (χ3n) is 5.79. The molecule has 0 bridgehead atoms. The Kier molecular flexibility index (Phi) is 5.99. The van der Waals surface area contributed by atoms with Crippen LogP contribution in [-0.4, -0.2) is 14.5 Å². The van der Waals surface area contributed by atoms with Crippen LogP contribution in [0.3, 0.4) is 0 Å². The number of halogens is 2. The molecule has 0 spiro atoms. The van der Waals surface area contributed by atoms with Gasteiger partial charge in [-0.1, -0.05) is 48.5 Å². The zero-order valence-corrected chi connectivity index (χ0v) is 18.1. The lowest BCUT2D eigenvalue weighted by Crippen LogP contribution is -2.23. The summed E-state index contributed by atoms with van der Waals surface area (Å²) >= 11 is 0. The van der Waals surface area contributed by atoms with Gasteiger partial charge in [-0.25, -0.2) is 18.7 Å². The van der Waals surface area contributed by atoms with Gasteiger partial charge in [-0.05, 0) is 36.6 Å². The quantitative estimate of drug-likeness (QED) is 0.445. The number of hydrogen-bond acceptors (Lipinski definition) is 4. The largest absolute Gasteiger partial charge is 0.363 e. The molecule has 0 saturated carbocycles. The molecule has 164 valence electrons. The second kappa shape index (κ2) is 8.86. The van der Waals surface area contributed by atoms with E-state index in [0.717, 1.165) is 11.1 Å². The first-order chi connectivity index (χ1) is 15.4. The molecule has 0 aliphatic rings. The van der Waals surface area contributed by atoms with Gasteiger partial charge in [-0.2, -0.15) is 0 Å². The highest BCUT2D eigenvalue weighted by atomic mass is 19.3. The molecule has 2 aromatic carbocycles. The monoisotopic (exact) mass is 434 g/mol. The molecule has 0 radical (unpaired) electrons. The third kappa shape index (κ3) is 4.10. The highest BCUT2D eigenvalue weighted by Crippen LogP contribution is 2.30. The predicted molar refractivity (Wildman–Crippen MR) is 122 cm³/mol. The molecule has 0 unspecified atom stereocenters. The van der Waals surface area contributed by atoms with E-state index in [1.54, 1.807) is 20.0 Å². The van der Waals surface area contributed by atoms with Crippen molar-refractivity contribution in [2.45, 2.75) is 32.7 Å². The van der Waals surface area contributed by atoms with Crippen LogP contribution in [0.2, 0.25) is 0 Å². The average molecular weight is 434 g/mol. The molecular weight excluding hydrogens is 410 g/mol. The Morgan fingerprint density at radius 2 is 1.75 bits per heavy atom. The summed E-state index contributed by atoms with van der Waals surface area (Å²) in [6, 6.07) is 16.2. The molecule has 5 nitrogen and oxygen atoms in total. The number of fused-ring (bicyclic) bond motifs is 1. The van der Waals surface area contributed by atoms with Crippen LogP contribution in [0.5, 0.6) is 0 Å². The molecule has 2 aromatic heterocycles. The number of nitrogens with zero attached hydrogens (tertiary/aromatic N) is 3. The van der Waals surface area contributed by atoms with Gasteiger partial charge in [0.2, 0.25) is 0 Å². The molecule has 4 rings (SSSR count). The molecule has 7 heteroatoms. The second-order valence-corrected chi connectivity index (χ2v) is 7.88. The van der Waals surface area contributed by atoms with E-state index in [1.807, 2.05) is 49.4 Å². The second-order valence-electron chi connectivity index (χ2n) is 7.88. The number of alkyl halides is 2. The van der Waals surface area contributed by atoms with Gasteiger partial charge < -0.3 is 5.32 Å². The Bertz CT molecular complexity index is 1320. The number of hydrogen-bond donors (Lipinski definition) is 1. The summed E-state index contributed by atoms with van der Waals surface area (Å²) in [7, 11) is 1.69. The summed E-state index contributed by atoms with van der Waals surface area (Å²) in [5.74, 6) is 0.550. The molecule has 0 amide bonds. The summed E-state index contributed by atoms with van der Waals surface area (Å²) in [6.07, 6.45) is -0.643. The molecular formula is C25H24F2N4O. The average Bonchev–Trinajstić information content (AvgIpc) is 2.78. The molecule has 32 heavy (non-hydrogen) atoms. The maximum atomic E-state index is 13.3. The van der Waals surface area contributed by atoms with E-state index in [-0.39, 0.29) is 17.2 Å². The van der Waals surface area contributed by atoms with Crippen molar-refractivity contribution in [1.29, 1.82) is 0 Å². The number of anilines is 1. The Hall–Kier alpha value is -3.61. The molecule has 0 fully saturated rings. The number of aryl methyl sites for hydroxylation is 1. The normalized spacial score (nSPS) is 12.3. The van der Waals surface area contributed by atoms with Gasteiger partial charge in [-0.15, -0.1) is 0 Å². The minimum atomic E-state index is -2.53. The molecule has 0 saturated heterocycles. The number of pyridine rings is 1. The Balaban J connectivity index is 1.75. The van der Waals surface area contributed by atoms with Gasteiger partial charge >= 0.3 is 0 Å². The van der Waals surface area contributed by atoms with Crippen molar-refractivity contribution in [3.8, 4) is 0 Å². The molecule has 1 atom stereocenters. The Labute approximate surface area is 184 Å². The minimum absolute atomic E-state index is 0.0243. The summed E-state index contributed by atoms with van der Waals surface area (Å²) in [4.78, 5) is 21.6. The first-order valence-corrected chi connectivity index (χ1v) is 10.4.